The van der Waals surface area contributed by atoms with Crippen molar-refractivity contribution in [1.82, 2.24) is 14.9 Å². The third kappa shape index (κ3) is 5.33. The monoisotopic (exact) mass is 447 g/mol. The molecule has 1 heterocycles. The van der Waals surface area contributed by atoms with E-state index in [4.69, 9.17) is 9.47 Å². The molecule has 166 valence electrons. The fourth-order valence-electron chi connectivity index (χ4n) is 3.15. The van der Waals surface area contributed by atoms with Crippen molar-refractivity contribution < 1.29 is 27.5 Å². The zero-order chi connectivity index (χ0) is 22.4. The quantitative estimate of drug-likeness (QED) is 0.627. The van der Waals surface area contributed by atoms with E-state index in [-0.39, 0.29) is 42.5 Å². The van der Waals surface area contributed by atoms with Crippen molar-refractivity contribution in [3.05, 3.63) is 53.6 Å². The summed E-state index contributed by atoms with van der Waals surface area (Å²) in [6.45, 7) is 2.81. The Morgan fingerprint density at radius 3 is 2.71 bits per heavy atom. The molecule has 1 saturated heterocycles. The summed E-state index contributed by atoms with van der Waals surface area (Å²) in [5, 5.41) is 5.37. The SMILES string of the molecule is CCOc1ccc(CNC(=O)c2cccc(S(=O)(=O)N3CCNC(=O)C3)c2)cc1OC. The second-order valence-electron chi connectivity index (χ2n) is 6.82. The maximum absolute atomic E-state index is 12.8. The molecule has 2 amide bonds. The molecule has 1 aliphatic heterocycles. The van der Waals surface area contributed by atoms with Crippen LogP contribution in [0.5, 0.6) is 11.5 Å². The van der Waals surface area contributed by atoms with Crippen LogP contribution in [-0.2, 0) is 21.4 Å². The Bertz CT molecular complexity index is 1070. The van der Waals surface area contributed by atoms with Crippen molar-refractivity contribution in [3.63, 3.8) is 0 Å². The molecule has 10 heteroatoms. The van der Waals surface area contributed by atoms with Gasteiger partial charge in [0.1, 0.15) is 0 Å². The molecule has 0 spiro atoms. The Morgan fingerprint density at radius 2 is 2.00 bits per heavy atom. The lowest BCUT2D eigenvalue weighted by atomic mass is 10.1. The highest BCUT2D eigenvalue weighted by Gasteiger charge is 2.29. The Kier molecular flexibility index (Phi) is 7.13. The summed E-state index contributed by atoms with van der Waals surface area (Å²) >= 11 is 0. The molecule has 3 rings (SSSR count). The van der Waals surface area contributed by atoms with E-state index in [1.54, 1.807) is 12.1 Å². The molecular weight excluding hydrogens is 422 g/mol. The van der Waals surface area contributed by atoms with Crippen LogP contribution in [-0.4, -0.2) is 57.9 Å². The molecule has 0 bridgehead atoms. The largest absolute Gasteiger partial charge is 0.493 e. The van der Waals surface area contributed by atoms with Gasteiger partial charge in [-0.25, -0.2) is 8.42 Å². The molecule has 2 aromatic carbocycles. The van der Waals surface area contributed by atoms with Gasteiger partial charge in [0.05, 0.1) is 25.2 Å². The molecule has 0 aliphatic carbocycles. The Hall–Kier alpha value is -3.11. The molecule has 1 fully saturated rings. The summed E-state index contributed by atoms with van der Waals surface area (Å²) in [6.07, 6.45) is 0. The third-order valence-corrected chi connectivity index (χ3v) is 6.56. The summed E-state index contributed by atoms with van der Waals surface area (Å²) in [7, 11) is -2.34. The molecule has 9 nitrogen and oxygen atoms in total. The number of methoxy groups -OCH3 is 1. The number of sulfonamides is 1. The molecule has 0 radical (unpaired) electrons. The Labute approximate surface area is 181 Å². The van der Waals surface area contributed by atoms with Crippen LogP contribution in [0, 0.1) is 0 Å². The number of hydrogen-bond donors (Lipinski definition) is 2. The summed E-state index contributed by atoms with van der Waals surface area (Å²) in [4.78, 5) is 24.1. The van der Waals surface area contributed by atoms with Crippen molar-refractivity contribution in [2.24, 2.45) is 0 Å². The van der Waals surface area contributed by atoms with E-state index in [0.717, 1.165) is 9.87 Å². The van der Waals surface area contributed by atoms with E-state index in [9.17, 15) is 18.0 Å². The predicted molar refractivity (Wildman–Crippen MR) is 114 cm³/mol. The van der Waals surface area contributed by atoms with Gasteiger partial charge in [-0.2, -0.15) is 4.31 Å². The normalized spacial score (nSPS) is 14.6. The lowest BCUT2D eigenvalue weighted by Gasteiger charge is -2.26. The minimum Gasteiger partial charge on any atom is -0.493 e. The summed E-state index contributed by atoms with van der Waals surface area (Å²) in [5.41, 5.74) is 1.01. The van der Waals surface area contributed by atoms with Gasteiger partial charge in [-0.05, 0) is 42.8 Å². The molecule has 0 unspecified atom stereocenters. The number of rotatable bonds is 8. The van der Waals surface area contributed by atoms with Crippen LogP contribution < -0.4 is 20.1 Å². The fraction of sp³-hybridized carbons (Fsp3) is 0.333. The second-order valence-corrected chi connectivity index (χ2v) is 8.76. The molecular formula is C21H25N3O6S. The highest BCUT2D eigenvalue weighted by molar-refractivity contribution is 7.89. The van der Waals surface area contributed by atoms with E-state index in [1.165, 1.54) is 31.4 Å². The number of hydrogen-bond acceptors (Lipinski definition) is 6. The van der Waals surface area contributed by atoms with Gasteiger partial charge < -0.3 is 20.1 Å². The molecule has 0 aromatic heterocycles. The molecule has 0 atom stereocenters. The highest BCUT2D eigenvalue weighted by Crippen LogP contribution is 2.28. The number of nitrogens with zero attached hydrogens (tertiary/aromatic N) is 1. The van der Waals surface area contributed by atoms with Gasteiger partial charge in [-0.15, -0.1) is 0 Å². The van der Waals surface area contributed by atoms with Crippen LogP contribution in [0.3, 0.4) is 0 Å². The zero-order valence-corrected chi connectivity index (χ0v) is 18.2. The van der Waals surface area contributed by atoms with Gasteiger partial charge in [0.2, 0.25) is 15.9 Å². The van der Waals surface area contributed by atoms with E-state index >= 15 is 0 Å². The van der Waals surface area contributed by atoms with Crippen molar-refractivity contribution in [3.8, 4) is 11.5 Å². The highest BCUT2D eigenvalue weighted by atomic mass is 32.2. The third-order valence-electron chi connectivity index (χ3n) is 4.72. The van der Waals surface area contributed by atoms with E-state index < -0.39 is 15.9 Å². The summed E-state index contributed by atoms with van der Waals surface area (Å²) in [6, 6.07) is 11.1. The first-order valence-electron chi connectivity index (χ1n) is 9.80. The average Bonchev–Trinajstić information content (AvgIpc) is 2.78. The first-order valence-corrected chi connectivity index (χ1v) is 11.2. The maximum atomic E-state index is 12.8. The summed E-state index contributed by atoms with van der Waals surface area (Å²) < 4.78 is 37.6. The zero-order valence-electron chi connectivity index (χ0n) is 17.4. The van der Waals surface area contributed by atoms with Crippen LogP contribution in [0.15, 0.2) is 47.4 Å². The predicted octanol–water partition coefficient (Wildman–Crippen LogP) is 1.14. The van der Waals surface area contributed by atoms with Crippen LogP contribution in [0.4, 0.5) is 0 Å². The standard InChI is InChI=1S/C21H25N3O6S/c1-3-30-18-8-7-15(11-19(18)29-2)13-23-21(26)16-5-4-6-17(12-16)31(27,28)24-10-9-22-20(25)14-24/h4-8,11-12H,3,9-10,13-14H2,1-2H3,(H,22,25)(H,23,26). The number of piperazine rings is 1. The number of benzene rings is 2. The van der Waals surface area contributed by atoms with Gasteiger partial charge >= 0.3 is 0 Å². The number of amides is 2. The number of carbonyl (C=O) groups is 2. The molecule has 1 aliphatic rings. The van der Waals surface area contributed by atoms with Crippen LogP contribution in [0.1, 0.15) is 22.8 Å². The van der Waals surface area contributed by atoms with Crippen molar-refractivity contribution in [1.29, 1.82) is 0 Å². The smallest absolute Gasteiger partial charge is 0.251 e. The van der Waals surface area contributed by atoms with Crippen LogP contribution >= 0.6 is 0 Å². The first-order chi connectivity index (χ1) is 14.8. The Balaban J connectivity index is 1.71. The molecule has 2 aromatic rings. The van der Waals surface area contributed by atoms with Crippen LogP contribution in [0.2, 0.25) is 0 Å². The van der Waals surface area contributed by atoms with E-state index in [1.807, 2.05) is 13.0 Å². The van der Waals surface area contributed by atoms with Crippen LogP contribution in [0.25, 0.3) is 0 Å². The maximum Gasteiger partial charge on any atom is 0.251 e. The second kappa shape index (κ2) is 9.80. The number of carbonyl (C=O) groups excluding carboxylic acids is 2. The van der Waals surface area contributed by atoms with Gasteiger partial charge in [0.15, 0.2) is 11.5 Å². The van der Waals surface area contributed by atoms with Crippen molar-refractivity contribution in [2.75, 3.05) is 33.4 Å². The lowest BCUT2D eigenvalue weighted by molar-refractivity contribution is -0.122. The van der Waals surface area contributed by atoms with Gasteiger partial charge in [-0.3, -0.25) is 9.59 Å². The average molecular weight is 448 g/mol. The van der Waals surface area contributed by atoms with Gasteiger partial charge in [0, 0.05) is 25.2 Å². The Morgan fingerprint density at radius 1 is 1.19 bits per heavy atom. The van der Waals surface area contributed by atoms with E-state index in [2.05, 4.69) is 10.6 Å². The summed E-state index contributed by atoms with van der Waals surface area (Å²) in [5.74, 6) is 0.410. The van der Waals surface area contributed by atoms with Crippen molar-refractivity contribution >= 4 is 21.8 Å². The topological polar surface area (TPSA) is 114 Å². The minimum absolute atomic E-state index is 0.0300. The minimum atomic E-state index is -3.88. The molecule has 0 saturated carbocycles. The fourth-order valence-corrected chi connectivity index (χ4v) is 4.59. The lowest BCUT2D eigenvalue weighted by Crippen LogP contribution is -2.49. The van der Waals surface area contributed by atoms with Gasteiger partial charge in [-0.1, -0.05) is 12.1 Å². The van der Waals surface area contributed by atoms with E-state index in [0.29, 0.717) is 18.1 Å². The molecule has 31 heavy (non-hydrogen) atoms. The number of nitrogens with one attached hydrogen (secondary N) is 2. The number of ether oxygens (including phenoxy) is 2. The molecule has 2 N–H and O–H groups in total. The first kappa shape index (κ1) is 22.6. The van der Waals surface area contributed by atoms with Crippen molar-refractivity contribution in [2.45, 2.75) is 18.4 Å². The van der Waals surface area contributed by atoms with Gasteiger partial charge in [0.25, 0.3) is 5.91 Å².